The first-order valence-electron chi connectivity index (χ1n) is 7.21. The average Bonchev–Trinajstić information content (AvgIpc) is 2.67. The van der Waals surface area contributed by atoms with Gasteiger partial charge in [-0.15, -0.1) is 0 Å². The molecule has 1 amide bonds. The second kappa shape index (κ2) is 8.05. The molecular formula is C14H28N2OS. The zero-order valence-electron chi connectivity index (χ0n) is 12.2. The van der Waals surface area contributed by atoms with Crippen LogP contribution in [0.25, 0.3) is 0 Å². The van der Waals surface area contributed by atoms with Crippen molar-refractivity contribution in [2.24, 2.45) is 5.92 Å². The summed E-state index contributed by atoms with van der Waals surface area (Å²) < 4.78 is 0. The Labute approximate surface area is 116 Å². The van der Waals surface area contributed by atoms with E-state index in [0.717, 1.165) is 38.0 Å². The molecule has 0 radical (unpaired) electrons. The largest absolute Gasteiger partial charge is 0.326 e. The molecule has 1 aliphatic heterocycles. The highest BCUT2D eigenvalue weighted by molar-refractivity contribution is 7.98. The molecule has 0 aromatic rings. The van der Waals surface area contributed by atoms with Crippen molar-refractivity contribution in [2.75, 3.05) is 18.6 Å². The average molecular weight is 272 g/mol. The maximum atomic E-state index is 12.4. The lowest BCUT2D eigenvalue weighted by Crippen LogP contribution is -2.38. The van der Waals surface area contributed by atoms with Crippen LogP contribution in [-0.2, 0) is 4.79 Å². The van der Waals surface area contributed by atoms with Crippen LogP contribution in [0.4, 0.5) is 0 Å². The van der Waals surface area contributed by atoms with Gasteiger partial charge in [-0.2, -0.15) is 11.8 Å². The zero-order valence-corrected chi connectivity index (χ0v) is 13.1. The molecule has 0 aromatic heterocycles. The molecule has 0 saturated carbocycles. The Balaban J connectivity index is 2.62. The van der Waals surface area contributed by atoms with Crippen LogP contribution in [0, 0.1) is 5.92 Å². The Morgan fingerprint density at radius 2 is 2.17 bits per heavy atom. The Bertz CT molecular complexity index is 260. The van der Waals surface area contributed by atoms with Crippen molar-refractivity contribution in [1.82, 2.24) is 10.2 Å². The zero-order chi connectivity index (χ0) is 13.5. The first-order valence-corrected chi connectivity index (χ1v) is 8.60. The number of nitrogens with one attached hydrogen (secondary N) is 1. The van der Waals surface area contributed by atoms with Gasteiger partial charge in [0.1, 0.15) is 0 Å². The molecule has 0 aliphatic carbocycles. The molecule has 3 unspecified atom stereocenters. The van der Waals surface area contributed by atoms with Gasteiger partial charge in [0.15, 0.2) is 0 Å². The molecule has 0 spiro atoms. The molecule has 1 rings (SSSR count). The van der Waals surface area contributed by atoms with Gasteiger partial charge in [0.25, 0.3) is 0 Å². The van der Waals surface area contributed by atoms with E-state index in [0.29, 0.717) is 11.8 Å². The molecular weight excluding hydrogens is 244 g/mol. The first kappa shape index (κ1) is 15.8. The summed E-state index contributed by atoms with van der Waals surface area (Å²) >= 11 is 1.85. The molecule has 1 aliphatic rings. The fourth-order valence-electron chi connectivity index (χ4n) is 2.50. The Kier molecular flexibility index (Phi) is 7.08. The van der Waals surface area contributed by atoms with E-state index >= 15 is 0 Å². The predicted molar refractivity (Wildman–Crippen MR) is 79.8 cm³/mol. The minimum Gasteiger partial charge on any atom is -0.326 e. The van der Waals surface area contributed by atoms with Gasteiger partial charge in [-0.1, -0.05) is 33.6 Å². The van der Waals surface area contributed by atoms with Gasteiger partial charge in [0, 0.05) is 6.54 Å². The van der Waals surface area contributed by atoms with Crippen LogP contribution in [0.1, 0.15) is 46.5 Å². The van der Waals surface area contributed by atoms with Gasteiger partial charge in [-0.3, -0.25) is 10.1 Å². The van der Waals surface area contributed by atoms with Crippen molar-refractivity contribution in [1.29, 1.82) is 0 Å². The highest BCUT2D eigenvalue weighted by atomic mass is 32.2. The van der Waals surface area contributed by atoms with Gasteiger partial charge in [0.05, 0.1) is 12.2 Å². The highest BCUT2D eigenvalue weighted by Crippen LogP contribution is 2.22. The van der Waals surface area contributed by atoms with Crippen LogP contribution in [0.3, 0.4) is 0 Å². The topological polar surface area (TPSA) is 32.3 Å². The third kappa shape index (κ3) is 3.89. The van der Waals surface area contributed by atoms with Gasteiger partial charge >= 0.3 is 0 Å². The van der Waals surface area contributed by atoms with E-state index in [2.05, 4.69) is 37.2 Å². The van der Waals surface area contributed by atoms with Crippen LogP contribution >= 0.6 is 11.8 Å². The number of amides is 1. The predicted octanol–water partition coefficient (Wildman–Crippen LogP) is 2.71. The molecule has 4 heteroatoms. The summed E-state index contributed by atoms with van der Waals surface area (Å²) in [5.74, 6) is 1.89. The monoisotopic (exact) mass is 272 g/mol. The Morgan fingerprint density at radius 1 is 1.44 bits per heavy atom. The molecule has 1 fully saturated rings. The molecule has 0 bridgehead atoms. The molecule has 3 nitrogen and oxygen atoms in total. The van der Waals surface area contributed by atoms with Gasteiger partial charge in [-0.05, 0) is 30.8 Å². The van der Waals surface area contributed by atoms with Crippen molar-refractivity contribution in [3.05, 3.63) is 0 Å². The highest BCUT2D eigenvalue weighted by Gasteiger charge is 2.39. The number of rotatable bonds is 8. The lowest BCUT2D eigenvalue weighted by molar-refractivity contribution is -0.130. The number of carbonyl (C=O) groups is 1. The lowest BCUT2D eigenvalue weighted by atomic mass is 9.99. The van der Waals surface area contributed by atoms with E-state index in [-0.39, 0.29) is 12.2 Å². The van der Waals surface area contributed by atoms with E-state index in [1.807, 2.05) is 11.8 Å². The molecule has 106 valence electrons. The Morgan fingerprint density at radius 3 is 2.72 bits per heavy atom. The summed E-state index contributed by atoms with van der Waals surface area (Å²) in [5, 5.41) is 3.54. The Hall–Kier alpha value is -0.220. The van der Waals surface area contributed by atoms with Crippen molar-refractivity contribution in [3.8, 4) is 0 Å². The number of nitrogens with zero attached hydrogens (tertiary/aromatic N) is 1. The summed E-state index contributed by atoms with van der Waals surface area (Å²) in [5.41, 5.74) is 0. The summed E-state index contributed by atoms with van der Waals surface area (Å²) in [6.07, 6.45) is 6.73. The summed E-state index contributed by atoms with van der Waals surface area (Å²) in [7, 11) is 0. The minimum atomic E-state index is 0.0424. The molecule has 3 atom stereocenters. The molecule has 1 N–H and O–H groups in total. The molecule has 18 heavy (non-hydrogen) atoms. The number of hydrogen-bond acceptors (Lipinski definition) is 3. The summed E-state index contributed by atoms with van der Waals surface area (Å²) in [6.45, 7) is 7.42. The summed E-state index contributed by atoms with van der Waals surface area (Å²) in [4.78, 5) is 14.5. The van der Waals surface area contributed by atoms with E-state index < -0.39 is 0 Å². The second-order valence-electron chi connectivity index (χ2n) is 5.21. The fourth-order valence-corrected chi connectivity index (χ4v) is 2.92. The molecule has 1 heterocycles. The van der Waals surface area contributed by atoms with Gasteiger partial charge < -0.3 is 4.90 Å². The SMILES string of the molecule is CCCC1NC(C(C)CC)C(=O)N1CCCSC. The quantitative estimate of drug-likeness (QED) is 0.690. The van der Waals surface area contributed by atoms with Crippen LogP contribution in [0.15, 0.2) is 0 Å². The lowest BCUT2D eigenvalue weighted by Gasteiger charge is -2.23. The summed E-state index contributed by atoms with van der Waals surface area (Å²) in [6, 6.07) is 0.0424. The van der Waals surface area contributed by atoms with Crippen LogP contribution in [0.2, 0.25) is 0 Å². The standard InChI is InChI=1S/C14H28N2OS/c1-5-8-12-15-13(11(3)6-2)14(17)16(12)9-7-10-18-4/h11-13,15H,5-10H2,1-4H3. The van der Waals surface area contributed by atoms with E-state index in [9.17, 15) is 4.79 Å². The van der Waals surface area contributed by atoms with Crippen LogP contribution < -0.4 is 5.32 Å². The van der Waals surface area contributed by atoms with Crippen molar-refractivity contribution in [2.45, 2.75) is 58.7 Å². The second-order valence-corrected chi connectivity index (χ2v) is 6.20. The number of carbonyl (C=O) groups excluding carboxylic acids is 1. The third-order valence-electron chi connectivity index (χ3n) is 3.82. The van der Waals surface area contributed by atoms with E-state index in [4.69, 9.17) is 0 Å². The van der Waals surface area contributed by atoms with Crippen molar-refractivity contribution < 1.29 is 4.79 Å². The number of hydrogen-bond donors (Lipinski definition) is 1. The third-order valence-corrected chi connectivity index (χ3v) is 4.52. The normalized spacial score (nSPS) is 25.8. The van der Waals surface area contributed by atoms with Crippen LogP contribution in [0.5, 0.6) is 0 Å². The van der Waals surface area contributed by atoms with Gasteiger partial charge in [0.2, 0.25) is 5.91 Å². The maximum absolute atomic E-state index is 12.4. The van der Waals surface area contributed by atoms with E-state index in [1.54, 1.807) is 0 Å². The van der Waals surface area contributed by atoms with Crippen molar-refractivity contribution >= 4 is 17.7 Å². The van der Waals surface area contributed by atoms with Crippen LogP contribution in [-0.4, -0.2) is 41.6 Å². The van der Waals surface area contributed by atoms with E-state index in [1.165, 1.54) is 0 Å². The molecule has 0 aromatic carbocycles. The van der Waals surface area contributed by atoms with Gasteiger partial charge in [-0.25, -0.2) is 0 Å². The minimum absolute atomic E-state index is 0.0424. The smallest absolute Gasteiger partial charge is 0.241 e. The van der Waals surface area contributed by atoms with Crippen molar-refractivity contribution in [3.63, 3.8) is 0 Å². The first-order chi connectivity index (χ1) is 8.65. The molecule has 1 saturated heterocycles. The fraction of sp³-hybridized carbons (Fsp3) is 0.929. The number of thioether (sulfide) groups is 1. The maximum Gasteiger partial charge on any atom is 0.241 e.